The highest BCUT2D eigenvalue weighted by atomic mass is 19.4. The molecule has 0 spiro atoms. The van der Waals surface area contributed by atoms with Crippen molar-refractivity contribution < 1.29 is 32.6 Å². The van der Waals surface area contributed by atoms with Crippen molar-refractivity contribution in [3.05, 3.63) is 0 Å². The van der Waals surface area contributed by atoms with E-state index >= 15 is 0 Å². The Hall–Kier alpha value is -1.51. The van der Waals surface area contributed by atoms with Crippen molar-refractivity contribution in [1.82, 2.24) is 10.6 Å². The van der Waals surface area contributed by atoms with Gasteiger partial charge in [-0.1, -0.05) is 6.92 Å². The van der Waals surface area contributed by atoms with Crippen molar-refractivity contribution in [3.63, 3.8) is 0 Å². The number of carboxylic acid groups (broad SMARTS) is 1. The second-order valence-electron chi connectivity index (χ2n) is 4.68. The fourth-order valence-corrected chi connectivity index (χ4v) is 1.43. The summed E-state index contributed by atoms with van der Waals surface area (Å²) < 4.78 is 39.5. The second kappa shape index (κ2) is 10.3. The van der Waals surface area contributed by atoms with Gasteiger partial charge in [0.15, 0.2) is 0 Å². The molecule has 0 heterocycles. The first-order valence-electron chi connectivity index (χ1n) is 6.58. The molecule has 0 bridgehead atoms. The average molecular weight is 314 g/mol. The summed E-state index contributed by atoms with van der Waals surface area (Å²) in [4.78, 5) is 21.6. The number of hydrogen-bond donors (Lipinski definition) is 3. The van der Waals surface area contributed by atoms with Crippen molar-refractivity contribution in [2.45, 2.75) is 32.4 Å². The molecule has 21 heavy (non-hydrogen) atoms. The summed E-state index contributed by atoms with van der Waals surface area (Å²) in [5.74, 6) is -0.692. The molecule has 0 aromatic carbocycles. The summed E-state index contributed by atoms with van der Waals surface area (Å²) >= 11 is 0. The van der Waals surface area contributed by atoms with Crippen LogP contribution in [0.2, 0.25) is 0 Å². The van der Waals surface area contributed by atoms with Crippen LogP contribution in [0.1, 0.15) is 26.2 Å². The molecular weight excluding hydrogens is 293 g/mol. The standard InChI is InChI=1S/C12H21F3N2O4/c1-9(2-3-10(18)19)4-5-16-11(20)17-6-7-21-8-12(13,14)15/h9H,2-8H2,1H3,(H,18,19)(H2,16,17,20). The molecular formula is C12H21F3N2O4. The number of aliphatic carboxylic acids is 1. The first-order chi connectivity index (χ1) is 9.70. The molecule has 0 rings (SSSR count). The summed E-state index contributed by atoms with van der Waals surface area (Å²) in [5.41, 5.74) is 0. The van der Waals surface area contributed by atoms with Gasteiger partial charge in [0.25, 0.3) is 0 Å². The summed E-state index contributed by atoms with van der Waals surface area (Å²) in [5, 5.41) is 13.4. The van der Waals surface area contributed by atoms with Gasteiger partial charge in [-0.15, -0.1) is 0 Å². The van der Waals surface area contributed by atoms with E-state index in [-0.39, 0.29) is 25.5 Å². The number of rotatable bonds is 10. The van der Waals surface area contributed by atoms with Crippen LogP contribution in [-0.2, 0) is 9.53 Å². The Balaban J connectivity index is 3.48. The number of urea groups is 1. The monoisotopic (exact) mass is 314 g/mol. The minimum absolute atomic E-state index is 0.0174. The highest BCUT2D eigenvalue weighted by Crippen LogP contribution is 2.13. The minimum Gasteiger partial charge on any atom is -0.481 e. The molecule has 2 amide bonds. The number of carbonyl (C=O) groups excluding carboxylic acids is 1. The molecule has 3 N–H and O–H groups in total. The van der Waals surface area contributed by atoms with Crippen LogP contribution < -0.4 is 10.6 Å². The Morgan fingerprint density at radius 1 is 1.19 bits per heavy atom. The second-order valence-corrected chi connectivity index (χ2v) is 4.68. The highest BCUT2D eigenvalue weighted by Gasteiger charge is 2.27. The smallest absolute Gasteiger partial charge is 0.411 e. The maximum absolute atomic E-state index is 11.7. The first-order valence-corrected chi connectivity index (χ1v) is 6.58. The van der Waals surface area contributed by atoms with Crippen molar-refractivity contribution in [2.75, 3.05) is 26.3 Å². The van der Waals surface area contributed by atoms with Gasteiger partial charge in [0, 0.05) is 19.5 Å². The maximum atomic E-state index is 11.7. The third kappa shape index (κ3) is 14.7. The average Bonchev–Trinajstić information content (AvgIpc) is 2.34. The Morgan fingerprint density at radius 3 is 2.38 bits per heavy atom. The molecule has 0 fully saturated rings. The molecule has 9 heteroatoms. The van der Waals surface area contributed by atoms with Gasteiger partial charge in [0.2, 0.25) is 0 Å². The van der Waals surface area contributed by atoms with E-state index in [0.29, 0.717) is 19.4 Å². The zero-order valence-electron chi connectivity index (χ0n) is 11.8. The van der Waals surface area contributed by atoms with Crippen LogP contribution in [0.4, 0.5) is 18.0 Å². The van der Waals surface area contributed by atoms with Gasteiger partial charge in [-0.25, -0.2) is 4.79 Å². The lowest BCUT2D eigenvalue weighted by atomic mass is 10.0. The number of amides is 2. The van der Waals surface area contributed by atoms with Crippen LogP contribution in [0.15, 0.2) is 0 Å². The van der Waals surface area contributed by atoms with E-state index in [1.807, 2.05) is 6.92 Å². The predicted molar refractivity (Wildman–Crippen MR) is 68.9 cm³/mol. The van der Waals surface area contributed by atoms with E-state index in [2.05, 4.69) is 15.4 Å². The quantitative estimate of drug-likeness (QED) is 0.536. The Morgan fingerprint density at radius 2 is 1.81 bits per heavy atom. The molecule has 0 saturated heterocycles. The van der Waals surface area contributed by atoms with Crippen molar-refractivity contribution in [2.24, 2.45) is 5.92 Å². The molecule has 0 radical (unpaired) electrons. The number of ether oxygens (including phenoxy) is 1. The van der Waals surface area contributed by atoms with Crippen molar-refractivity contribution >= 4 is 12.0 Å². The first kappa shape index (κ1) is 19.5. The van der Waals surface area contributed by atoms with Gasteiger partial charge < -0.3 is 20.5 Å². The molecule has 0 aromatic rings. The minimum atomic E-state index is -4.37. The van der Waals surface area contributed by atoms with Crippen molar-refractivity contribution in [3.8, 4) is 0 Å². The summed E-state index contributed by atoms with van der Waals surface area (Å²) in [6, 6.07) is -0.490. The number of carboxylic acids is 1. The topological polar surface area (TPSA) is 87.7 Å². The number of nitrogens with one attached hydrogen (secondary N) is 2. The van der Waals surface area contributed by atoms with E-state index < -0.39 is 24.8 Å². The molecule has 0 saturated carbocycles. The van der Waals surface area contributed by atoms with Gasteiger partial charge in [-0.3, -0.25) is 4.79 Å². The third-order valence-electron chi connectivity index (χ3n) is 2.57. The van der Waals surface area contributed by atoms with E-state index in [4.69, 9.17) is 5.11 Å². The lowest BCUT2D eigenvalue weighted by Gasteiger charge is -2.12. The van der Waals surface area contributed by atoms with Crippen LogP contribution in [0.25, 0.3) is 0 Å². The molecule has 1 unspecified atom stereocenters. The van der Waals surface area contributed by atoms with E-state index in [1.54, 1.807) is 0 Å². The van der Waals surface area contributed by atoms with Crippen molar-refractivity contribution in [1.29, 1.82) is 0 Å². The molecule has 1 atom stereocenters. The summed E-state index contributed by atoms with van der Waals surface area (Å²) in [6.45, 7) is 0.680. The molecule has 0 aliphatic carbocycles. The number of hydrogen-bond acceptors (Lipinski definition) is 3. The number of halogens is 3. The Bertz CT molecular complexity index is 324. The van der Waals surface area contributed by atoms with E-state index in [1.165, 1.54) is 0 Å². The molecule has 0 aliphatic rings. The van der Waals surface area contributed by atoms with Gasteiger partial charge in [0.05, 0.1) is 6.61 Å². The van der Waals surface area contributed by atoms with Gasteiger partial charge in [-0.2, -0.15) is 13.2 Å². The third-order valence-corrected chi connectivity index (χ3v) is 2.57. The van der Waals surface area contributed by atoms with Crippen LogP contribution in [-0.4, -0.2) is 49.6 Å². The molecule has 0 aliphatic heterocycles. The van der Waals surface area contributed by atoms with E-state index in [0.717, 1.165) is 0 Å². The summed E-state index contributed by atoms with van der Waals surface area (Å²) in [7, 11) is 0. The molecule has 0 aromatic heterocycles. The van der Waals surface area contributed by atoms with Gasteiger partial charge in [0.1, 0.15) is 6.61 Å². The number of alkyl halides is 3. The normalized spacial score (nSPS) is 12.8. The SMILES string of the molecule is CC(CCNC(=O)NCCOCC(F)(F)F)CCC(=O)O. The number of carbonyl (C=O) groups is 2. The van der Waals surface area contributed by atoms with E-state index in [9.17, 15) is 22.8 Å². The highest BCUT2D eigenvalue weighted by molar-refractivity contribution is 5.73. The zero-order chi connectivity index (χ0) is 16.3. The fourth-order valence-electron chi connectivity index (χ4n) is 1.43. The van der Waals surface area contributed by atoms with Gasteiger partial charge in [-0.05, 0) is 18.8 Å². The van der Waals surface area contributed by atoms with Crippen LogP contribution in [0.5, 0.6) is 0 Å². The Labute approximate surface area is 121 Å². The summed E-state index contributed by atoms with van der Waals surface area (Å²) in [6.07, 6.45) is -3.12. The molecule has 6 nitrogen and oxygen atoms in total. The van der Waals surface area contributed by atoms with Crippen LogP contribution in [0, 0.1) is 5.92 Å². The maximum Gasteiger partial charge on any atom is 0.411 e. The van der Waals surface area contributed by atoms with Gasteiger partial charge >= 0.3 is 18.2 Å². The predicted octanol–water partition coefficient (Wildman–Crippen LogP) is 1.76. The lowest BCUT2D eigenvalue weighted by molar-refractivity contribution is -0.173. The van der Waals surface area contributed by atoms with Crippen LogP contribution in [0.3, 0.4) is 0 Å². The Kier molecular flexibility index (Phi) is 9.51. The lowest BCUT2D eigenvalue weighted by Crippen LogP contribution is -2.38. The zero-order valence-corrected chi connectivity index (χ0v) is 11.8. The largest absolute Gasteiger partial charge is 0.481 e. The van der Waals surface area contributed by atoms with Crippen LogP contribution >= 0.6 is 0 Å². The molecule has 124 valence electrons. The fraction of sp³-hybridized carbons (Fsp3) is 0.833.